The van der Waals surface area contributed by atoms with Gasteiger partial charge in [0.05, 0.1) is 17.7 Å². The lowest BCUT2D eigenvalue weighted by Gasteiger charge is -1.99. The van der Waals surface area contributed by atoms with Crippen LogP contribution in [0, 0.1) is 0 Å². The summed E-state index contributed by atoms with van der Waals surface area (Å²) >= 11 is 2.37. The van der Waals surface area contributed by atoms with Crippen LogP contribution in [0.1, 0.15) is 5.69 Å². The van der Waals surface area contributed by atoms with Gasteiger partial charge in [0.1, 0.15) is 10.8 Å². The van der Waals surface area contributed by atoms with Crippen LogP contribution < -0.4 is 10.1 Å². The molecule has 0 unspecified atom stereocenters. The number of amides is 2. The zero-order valence-corrected chi connectivity index (χ0v) is 12.6. The Balaban J connectivity index is 1.84. The van der Waals surface area contributed by atoms with E-state index in [0.29, 0.717) is 10.6 Å². The van der Waals surface area contributed by atoms with Gasteiger partial charge in [0.2, 0.25) is 0 Å². The summed E-state index contributed by atoms with van der Waals surface area (Å²) in [7, 11) is 1.62. The molecule has 1 saturated heterocycles. The number of imide groups is 1. The number of thioether (sulfide) groups is 1. The first kappa shape index (κ1) is 13.8. The fourth-order valence-corrected chi connectivity index (χ4v) is 3.22. The van der Waals surface area contributed by atoms with Crippen molar-refractivity contribution < 1.29 is 14.3 Å². The van der Waals surface area contributed by atoms with Gasteiger partial charge in [-0.1, -0.05) is 0 Å². The van der Waals surface area contributed by atoms with Gasteiger partial charge < -0.3 is 4.74 Å². The first-order valence-electron chi connectivity index (χ1n) is 6.00. The fourth-order valence-electron chi connectivity index (χ4n) is 1.77. The Bertz CT molecular complexity index is 735. The van der Waals surface area contributed by atoms with Gasteiger partial charge in [-0.15, -0.1) is 11.3 Å². The number of thiazole rings is 1. The van der Waals surface area contributed by atoms with Crippen LogP contribution in [0.5, 0.6) is 5.75 Å². The zero-order valence-electron chi connectivity index (χ0n) is 11.0. The Morgan fingerprint density at radius 3 is 2.62 bits per heavy atom. The van der Waals surface area contributed by atoms with Crippen molar-refractivity contribution in [1.82, 2.24) is 10.3 Å². The lowest BCUT2D eigenvalue weighted by atomic mass is 10.2. The van der Waals surface area contributed by atoms with Crippen molar-refractivity contribution in [3.8, 4) is 16.3 Å². The molecule has 0 radical (unpaired) electrons. The molecule has 1 aromatic heterocycles. The van der Waals surface area contributed by atoms with E-state index in [1.807, 2.05) is 29.6 Å². The summed E-state index contributed by atoms with van der Waals surface area (Å²) < 4.78 is 5.12. The summed E-state index contributed by atoms with van der Waals surface area (Å²) in [5.74, 6) is 0.416. The molecule has 0 aliphatic carbocycles. The van der Waals surface area contributed by atoms with E-state index in [-0.39, 0.29) is 11.1 Å². The topological polar surface area (TPSA) is 68.3 Å². The molecule has 0 atom stereocenters. The highest BCUT2D eigenvalue weighted by Crippen LogP contribution is 2.29. The van der Waals surface area contributed by atoms with Gasteiger partial charge in [-0.25, -0.2) is 4.98 Å². The van der Waals surface area contributed by atoms with Gasteiger partial charge in [-0.3, -0.25) is 14.9 Å². The number of aromatic nitrogens is 1. The molecule has 1 N–H and O–H groups in total. The van der Waals surface area contributed by atoms with Crippen molar-refractivity contribution in [3.63, 3.8) is 0 Å². The highest BCUT2D eigenvalue weighted by Gasteiger charge is 2.25. The van der Waals surface area contributed by atoms with Crippen molar-refractivity contribution in [2.24, 2.45) is 0 Å². The van der Waals surface area contributed by atoms with Crippen molar-refractivity contribution in [1.29, 1.82) is 0 Å². The minimum absolute atomic E-state index is 0.350. The lowest BCUT2D eigenvalue weighted by molar-refractivity contribution is -0.115. The number of benzene rings is 1. The van der Waals surface area contributed by atoms with Gasteiger partial charge in [0.25, 0.3) is 11.1 Å². The molecule has 0 saturated carbocycles. The third-order valence-corrected chi connectivity index (χ3v) is 4.50. The quantitative estimate of drug-likeness (QED) is 0.881. The Kier molecular flexibility index (Phi) is 3.76. The molecule has 0 spiro atoms. The highest BCUT2D eigenvalue weighted by atomic mass is 32.2. The third-order valence-electron chi connectivity index (χ3n) is 2.78. The van der Waals surface area contributed by atoms with Crippen molar-refractivity contribution in [3.05, 3.63) is 40.2 Å². The molecular formula is C14H10N2O3S2. The summed E-state index contributed by atoms with van der Waals surface area (Å²) in [5.41, 5.74) is 1.64. The van der Waals surface area contributed by atoms with Crippen LogP contribution in [0.15, 0.2) is 34.6 Å². The smallest absolute Gasteiger partial charge is 0.290 e. The second-order valence-corrected chi connectivity index (χ2v) is 6.03. The molecule has 106 valence electrons. The van der Waals surface area contributed by atoms with Gasteiger partial charge in [0, 0.05) is 10.9 Å². The van der Waals surface area contributed by atoms with Crippen molar-refractivity contribution in [2.45, 2.75) is 0 Å². The number of methoxy groups -OCH3 is 1. The summed E-state index contributed by atoms with van der Waals surface area (Å²) in [6.07, 6.45) is 1.62. The Hall–Kier alpha value is -2.12. The number of ether oxygens (including phenoxy) is 1. The Morgan fingerprint density at radius 2 is 2.00 bits per heavy atom. The molecular weight excluding hydrogens is 308 g/mol. The second-order valence-electron chi connectivity index (χ2n) is 4.16. The van der Waals surface area contributed by atoms with Crippen LogP contribution in [-0.4, -0.2) is 23.2 Å². The van der Waals surface area contributed by atoms with Crippen LogP contribution in [0.3, 0.4) is 0 Å². The van der Waals surface area contributed by atoms with E-state index >= 15 is 0 Å². The number of carbonyl (C=O) groups is 2. The van der Waals surface area contributed by atoms with Crippen LogP contribution in [-0.2, 0) is 4.79 Å². The van der Waals surface area contributed by atoms with E-state index in [1.54, 1.807) is 13.2 Å². The molecule has 1 aliphatic rings. The minimum Gasteiger partial charge on any atom is -0.497 e. The van der Waals surface area contributed by atoms with Crippen molar-refractivity contribution >= 4 is 40.3 Å². The van der Waals surface area contributed by atoms with Crippen LogP contribution in [0.25, 0.3) is 16.6 Å². The van der Waals surface area contributed by atoms with Crippen LogP contribution in [0.4, 0.5) is 4.79 Å². The highest BCUT2D eigenvalue weighted by molar-refractivity contribution is 8.18. The van der Waals surface area contributed by atoms with Gasteiger partial charge in [-0.2, -0.15) is 0 Å². The predicted octanol–water partition coefficient (Wildman–Crippen LogP) is 3.14. The number of carbonyl (C=O) groups excluding carboxylic acids is 2. The van der Waals surface area contributed by atoms with E-state index in [2.05, 4.69) is 10.3 Å². The van der Waals surface area contributed by atoms with E-state index in [1.165, 1.54) is 11.3 Å². The first-order chi connectivity index (χ1) is 10.2. The molecule has 1 fully saturated rings. The van der Waals surface area contributed by atoms with Gasteiger partial charge >= 0.3 is 0 Å². The maximum atomic E-state index is 11.5. The molecule has 2 aromatic rings. The summed E-state index contributed by atoms with van der Waals surface area (Å²) in [6.45, 7) is 0. The molecule has 0 bridgehead atoms. The number of hydrogen-bond acceptors (Lipinski definition) is 6. The summed E-state index contributed by atoms with van der Waals surface area (Å²) in [5, 5.41) is 4.56. The molecule has 7 heteroatoms. The largest absolute Gasteiger partial charge is 0.497 e. The van der Waals surface area contributed by atoms with Gasteiger partial charge in [-0.05, 0) is 42.1 Å². The average Bonchev–Trinajstić information content (AvgIpc) is 3.07. The molecule has 2 heterocycles. The minimum atomic E-state index is -0.371. The number of hydrogen-bond donors (Lipinski definition) is 1. The molecule has 21 heavy (non-hydrogen) atoms. The number of nitrogens with one attached hydrogen (secondary N) is 1. The maximum absolute atomic E-state index is 11.5. The normalized spacial score (nSPS) is 16.3. The summed E-state index contributed by atoms with van der Waals surface area (Å²) in [4.78, 5) is 27.4. The Morgan fingerprint density at radius 1 is 1.24 bits per heavy atom. The molecule has 3 rings (SSSR count). The maximum Gasteiger partial charge on any atom is 0.290 e. The average molecular weight is 318 g/mol. The number of nitrogens with zero attached hydrogens (tertiary/aromatic N) is 1. The number of rotatable bonds is 3. The predicted molar refractivity (Wildman–Crippen MR) is 83.2 cm³/mol. The zero-order chi connectivity index (χ0) is 14.8. The first-order valence-corrected chi connectivity index (χ1v) is 7.70. The second kappa shape index (κ2) is 5.71. The van der Waals surface area contributed by atoms with Crippen molar-refractivity contribution in [2.75, 3.05) is 7.11 Å². The molecule has 5 nitrogen and oxygen atoms in total. The standard InChI is InChI=1S/C14H10N2O3S2/c1-19-10-4-2-8(3-5-10)13-15-9(7-20-13)6-11-12(17)16-14(18)21-11/h2-7H,1H3,(H,16,17,18). The Labute approximate surface area is 129 Å². The van der Waals surface area contributed by atoms with E-state index < -0.39 is 0 Å². The van der Waals surface area contributed by atoms with E-state index in [4.69, 9.17) is 4.74 Å². The van der Waals surface area contributed by atoms with E-state index in [0.717, 1.165) is 28.1 Å². The third kappa shape index (κ3) is 2.98. The lowest BCUT2D eigenvalue weighted by Crippen LogP contribution is -2.17. The fraction of sp³-hybridized carbons (Fsp3) is 0.0714. The molecule has 1 aromatic carbocycles. The molecule has 2 amide bonds. The van der Waals surface area contributed by atoms with Crippen LogP contribution in [0.2, 0.25) is 0 Å². The molecule has 1 aliphatic heterocycles. The summed E-state index contributed by atoms with van der Waals surface area (Å²) in [6, 6.07) is 7.59. The van der Waals surface area contributed by atoms with E-state index in [9.17, 15) is 9.59 Å². The SMILES string of the molecule is COc1ccc(-c2nc(C=C3SC(=O)NC3=O)cs2)cc1. The monoisotopic (exact) mass is 318 g/mol. The van der Waals surface area contributed by atoms with Gasteiger partial charge in [0.15, 0.2) is 0 Å². The van der Waals surface area contributed by atoms with Crippen LogP contribution >= 0.6 is 23.1 Å².